The van der Waals surface area contributed by atoms with Crippen molar-refractivity contribution in [3.63, 3.8) is 0 Å². The number of benzene rings is 1. The molecule has 0 atom stereocenters. The first-order chi connectivity index (χ1) is 8.24. The van der Waals surface area contributed by atoms with Crippen LogP contribution in [0.4, 0.5) is 0 Å². The fourth-order valence-electron chi connectivity index (χ4n) is 1.70. The topological polar surface area (TPSA) is 32.9 Å². The Bertz CT molecular complexity index is 557. The molecule has 88 valence electrons. The summed E-state index contributed by atoms with van der Waals surface area (Å²) in [5.41, 5.74) is 3.92. The van der Waals surface area contributed by atoms with Gasteiger partial charge in [-0.1, -0.05) is 53.2 Å². The van der Waals surface area contributed by atoms with Crippen LogP contribution in [0.5, 0.6) is 0 Å². The second-order valence-electron chi connectivity index (χ2n) is 3.91. The number of nitrogens with one attached hydrogen (secondary N) is 1. The van der Waals surface area contributed by atoms with Gasteiger partial charge in [-0.05, 0) is 23.6 Å². The molecule has 1 heterocycles. The molecule has 1 N–H and O–H groups in total. The van der Waals surface area contributed by atoms with Crippen LogP contribution in [0.15, 0.2) is 41.2 Å². The van der Waals surface area contributed by atoms with Gasteiger partial charge >= 0.3 is 0 Å². The van der Waals surface area contributed by atoms with Gasteiger partial charge in [0.2, 0.25) is 0 Å². The quantitative estimate of drug-likeness (QED) is 0.863. The number of aromatic amines is 1. The average Bonchev–Trinajstić information content (AvgIpc) is 2.39. The average molecular weight is 292 g/mol. The molecule has 2 nitrogen and oxygen atoms in total. The molecular weight excluding hydrogens is 278 g/mol. The van der Waals surface area contributed by atoms with E-state index < -0.39 is 0 Å². The lowest BCUT2D eigenvalue weighted by Gasteiger charge is -2.04. The Hall–Kier alpha value is -1.35. The van der Waals surface area contributed by atoms with Crippen molar-refractivity contribution >= 4 is 15.9 Å². The zero-order valence-electron chi connectivity index (χ0n) is 9.66. The number of hydrogen-bond donors (Lipinski definition) is 1. The number of H-pyrrole nitrogens is 1. The van der Waals surface area contributed by atoms with Gasteiger partial charge in [0, 0.05) is 16.6 Å². The third-order valence-electron chi connectivity index (χ3n) is 2.81. The Kier molecular flexibility index (Phi) is 3.79. The predicted molar refractivity (Wildman–Crippen MR) is 74.5 cm³/mol. The largest absolute Gasteiger partial charge is 0.322 e. The fraction of sp³-hybridized carbons (Fsp3) is 0.214. The van der Waals surface area contributed by atoms with Crippen LogP contribution in [0, 0.1) is 0 Å². The molecule has 1 aromatic heterocycles. The zero-order chi connectivity index (χ0) is 12.3. The van der Waals surface area contributed by atoms with Gasteiger partial charge in [0.15, 0.2) is 0 Å². The number of halogens is 1. The van der Waals surface area contributed by atoms with Crippen molar-refractivity contribution in [1.29, 1.82) is 0 Å². The molecule has 0 radical (unpaired) electrons. The van der Waals surface area contributed by atoms with Crippen molar-refractivity contribution in [1.82, 2.24) is 4.98 Å². The van der Waals surface area contributed by atoms with E-state index in [1.165, 1.54) is 5.56 Å². The molecule has 0 aliphatic heterocycles. The summed E-state index contributed by atoms with van der Waals surface area (Å²) in [5.74, 6) is 0. The number of alkyl halides is 1. The summed E-state index contributed by atoms with van der Waals surface area (Å²) < 4.78 is 0. The van der Waals surface area contributed by atoms with Crippen LogP contribution in [-0.2, 0) is 11.8 Å². The minimum Gasteiger partial charge on any atom is -0.322 e. The molecule has 0 bridgehead atoms. The van der Waals surface area contributed by atoms with E-state index in [0.717, 1.165) is 23.2 Å². The van der Waals surface area contributed by atoms with Crippen molar-refractivity contribution in [3.8, 4) is 11.3 Å². The molecule has 0 amide bonds. The molecule has 0 spiro atoms. The summed E-state index contributed by atoms with van der Waals surface area (Å²) in [7, 11) is 0. The summed E-state index contributed by atoms with van der Waals surface area (Å²) in [5, 5.41) is 0.581. The van der Waals surface area contributed by atoms with Crippen molar-refractivity contribution < 1.29 is 0 Å². The normalized spacial score (nSPS) is 10.5. The molecule has 0 fully saturated rings. The number of hydrogen-bond acceptors (Lipinski definition) is 1. The maximum atomic E-state index is 11.7. The van der Waals surface area contributed by atoms with E-state index in [1.807, 2.05) is 24.3 Å². The van der Waals surface area contributed by atoms with E-state index in [2.05, 4.69) is 40.0 Å². The fourth-order valence-corrected chi connectivity index (χ4v) is 2.14. The van der Waals surface area contributed by atoms with E-state index >= 15 is 0 Å². The third kappa shape index (κ3) is 2.67. The Morgan fingerprint density at radius 1 is 1.12 bits per heavy atom. The highest BCUT2D eigenvalue weighted by Gasteiger charge is 2.02. The molecule has 0 aliphatic rings. The van der Waals surface area contributed by atoms with Crippen molar-refractivity contribution in [2.24, 2.45) is 0 Å². The van der Waals surface area contributed by atoms with Crippen molar-refractivity contribution in [2.75, 3.05) is 0 Å². The lowest BCUT2D eigenvalue weighted by molar-refractivity contribution is 1.14. The lowest BCUT2D eigenvalue weighted by atomic mass is 10.1. The van der Waals surface area contributed by atoms with Gasteiger partial charge in [0.25, 0.3) is 5.56 Å². The van der Waals surface area contributed by atoms with E-state index in [1.54, 1.807) is 0 Å². The molecule has 2 rings (SSSR count). The monoisotopic (exact) mass is 291 g/mol. The van der Waals surface area contributed by atoms with Crippen LogP contribution >= 0.6 is 15.9 Å². The van der Waals surface area contributed by atoms with Crippen molar-refractivity contribution in [3.05, 3.63) is 57.9 Å². The van der Waals surface area contributed by atoms with E-state index in [0.29, 0.717) is 5.33 Å². The summed E-state index contributed by atoms with van der Waals surface area (Å²) >= 11 is 3.29. The second-order valence-corrected chi connectivity index (χ2v) is 4.47. The van der Waals surface area contributed by atoms with Gasteiger partial charge in [0.05, 0.1) is 0 Å². The highest BCUT2D eigenvalue weighted by Crippen LogP contribution is 2.17. The van der Waals surface area contributed by atoms with Gasteiger partial charge in [-0.15, -0.1) is 0 Å². The molecule has 3 heteroatoms. The lowest BCUT2D eigenvalue weighted by Crippen LogP contribution is -2.11. The highest BCUT2D eigenvalue weighted by molar-refractivity contribution is 9.08. The Balaban J connectivity index is 2.39. The van der Waals surface area contributed by atoms with Gasteiger partial charge < -0.3 is 4.98 Å². The molecule has 0 aliphatic carbocycles. The van der Waals surface area contributed by atoms with Crippen LogP contribution in [0.25, 0.3) is 11.3 Å². The van der Waals surface area contributed by atoms with Gasteiger partial charge in [-0.3, -0.25) is 4.79 Å². The summed E-state index contributed by atoms with van der Waals surface area (Å²) in [6.45, 7) is 2.13. The second kappa shape index (κ2) is 5.32. The minimum atomic E-state index is -0.0288. The molecule has 2 aromatic rings. The maximum absolute atomic E-state index is 11.7. The Morgan fingerprint density at radius 2 is 1.82 bits per heavy atom. The van der Waals surface area contributed by atoms with Gasteiger partial charge in [-0.25, -0.2) is 0 Å². The van der Waals surface area contributed by atoms with Crippen LogP contribution < -0.4 is 5.56 Å². The summed E-state index contributed by atoms with van der Waals surface area (Å²) in [4.78, 5) is 14.6. The molecule has 17 heavy (non-hydrogen) atoms. The number of aryl methyl sites for hydroxylation is 1. The molecule has 0 saturated carbocycles. The minimum absolute atomic E-state index is 0.0288. The summed E-state index contributed by atoms with van der Waals surface area (Å²) in [6.07, 6.45) is 1.03. The third-order valence-corrected chi connectivity index (χ3v) is 3.41. The van der Waals surface area contributed by atoms with Gasteiger partial charge in [-0.2, -0.15) is 0 Å². The Morgan fingerprint density at radius 3 is 2.35 bits per heavy atom. The van der Waals surface area contributed by atoms with Crippen LogP contribution in [0.2, 0.25) is 0 Å². The van der Waals surface area contributed by atoms with Crippen LogP contribution in [0.3, 0.4) is 0 Å². The molecular formula is C14H14BrNO. The van der Waals surface area contributed by atoms with Crippen molar-refractivity contribution in [2.45, 2.75) is 18.7 Å². The first-order valence-electron chi connectivity index (χ1n) is 5.62. The van der Waals surface area contributed by atoms with E-state index in [9.17, 15) is 4.79 Å². The van der Waals surface area contributed by atoms with Gasteiger partial charge in [0.1, 0.15) is 0 Å². The van der Waals surface area contributed by atoms with E-state index in [-0.39, 0.29) is 5.56 Å². The van der Waals surface area contributed by atoms with Crippen LogP contribution in [0.1, 0.15) is 18.1 Å². The summed E-state index contributed by atoms with van der Waals surface area (Å²) in [6, 6.07) is 12.1. The number of rotatable bonds is 3. The Labute approximate surface area is 109 Å². The van der Waals surface area contributed by atoms with Crippen LogP contribution in [-0.4, -0.2) is 4.98 Å². The SMILES string of the molecule is CCc1ccc(-c2ccc(CBr)c(=O)[nH]2)cc1. The van der Waals surface area contributed by atoms with E-state index in [4.69, 9.17) is 0 Å². The smallest absolute Gasteiger partial charge is 0.252 e. The number of pyridine rings is 1. The zero-order valence-corrected chi connectivity index (χ0v) is 11.3. The predicted octanol–water partition coefficient (Wildman–Crippen LogP) is 3.50. The first kappa shape index (κ1) is 12.1. The number of aromatic nitrogens is 1. The first-order valence-corrected chi connectivity index (χ1v) is 6.74. The molecule has 1 aromatic carbocycles. The molecule has 0 unspecified atom stereocenters. The highest BCUT2D eigenvalue weighted by atomic mass is 79.9. The molecule has 0 saturated heterocycles. The standard InChI is InChI=1S/C14H14BrNO/c1-2-10-3-5-11(6-4-10)13-8-7-12(9-15)14(17)16-13/h3-8H,2,9H2,1H3,(H,16,17). The maximum Gasteiger partial charge on any atom is 0.252 e.